The molecule has 0 unspecified atom stereocenters. The Kier molecular flexibility index (Phi) is 10.1. The monoisotopic (exact) mass is 242 g/mol. The van der Waals surface area contributed by atoms with Crippen molar-refractivity contribution in [1.82, 2.24) is 0 Å². The first-order valence-corrected chi connectivity index (χ1v) is 5.93. The van der Waals surface area contributed by atoms with Crippen molar-refractivity contribution < 1.29 is 9.45 Å². The van der Waals surface area contributed by atoms with E-state index in [2.05, 4.69) is 18.8 Å². The lowest BCUT2D eigenvalue weighted by Gasteiger charge is -2.00. The molecule has 1 aromatic rings. The highest BCUT2D eigenvalue weighted by Crippen LogP contribution is 2.08. The molecule has 90 valence electrons. The molecule has 1 N–H and O–H groups in total. The van der Waals surface area contributed by atoms with E-state index in [0.717, 1.165) is 12.0 Å². The average Bonchev–Trinajstić information content (AvgIpc) is 2.38. The predicted molar refractivity (Wildman–Crippen MR) is 67.6 cm³/mol. The van der Waals surface area contributed by atoms with Gasteiger partial charge in [0.1, 0.15) is 0 Å². The number of hydrogen-bond acceptors (Lipinski definition) is 2. The number of halogens is 1. The number of hydrogen-bond donors (Lipinski definition) is 1. The Morgan fingerprint density at radius 3 is 2.31 bits per heavy atom. The third-order valence-electron chi connectivity index (χ3n) is 2.35. The molecule has 0 saturated heterocycles. The molecule has 0 aliphatic carbocycles. The first-order valence-electron chi connectivity index (χ1n) is 5.59. The van der Waals surface area contributed by atoms with Crippen LogP contribution in [0, 0.1) is 0 Å². The molecule has 0 aliphatic rings. The van der Waals surface area contributed by atoms with Gasteiger partial charge in [0, 0.05) is 12.0 Å². The number of benzene rings is 1. The molecule has 0 fully saturated rings. The summed E-state index contributed by atoms with van der Waals surface area (Å²) in [5, 5.41) is 0. The molecular weight excluding hydrogens is 224 g/mol. The molecule has 1 rings (SSSR count). The molecule has 0 saturated carbocycles. The molecule has 0 atom stereocenters. The maximum Gasteiger partial charge on any atom is 0.162 e. The van der Waals surface area contributed by atoms with Crippen LogP contribution in [-0.2, 0) is 0 Å². The minimum Gasteiger partial charge on any atom is -0.295 e. The van der Waals surface area contributed by atoms with Gasteiger partial charge in [-0.2, -0.15) is 0 Å². The molecular formula is C13H19ClO2. The van der Waals surface area contributed by atoms with Crippen LogP contribution < -0.4 is 0 Å². The zero-order valence-electron chi connectivity index (χ0n) is 9.66. The molecule has 0 radical (unpaired) electrons. The van der Waals surface area contributed by atoms with Crippen LogP contribution >= 0.6 is 11.9 Å². The van der Waals surface area contributed by atoms with Crippen LogP contribution in [0.15, 0.2) is 30.3 Å². The molecule has 16 heavy (non-hydrogen) atoms. The summed E-state index contributed by atoms with van der Waals surface area (Å²) in [7, 11) is 0. The van der Waals surface area contributed by atoms with Crippen LogP contribution in [0.1, 0.15) is 49.4 Å². The van der Waals surface area contributed by atoms with E-state index < -0.39 is 0 Å². The zero-order chi connectivity index (χ0) is 12.2. The fourth-order valence-corrected chi connectivity index (χ4v) is 1.48. The van der Waals surface area contributed by atoms with Gasteiger partial charge in [0.25, 0.3) is 0 Å². The minimum atomic E-state index is 0.279. The Morgan fingerprint density at radius 1 is 1.12 bits per heavy atom. The second-order valence-corrected chi connectivity index (χ2v) is 3.60. The van der Waals surface area contributed by atoms with Gasteiger partial charge in [-0.05, 0) is 6.42 Å². The SMILES string of the molecule is CCCCCCC(=O)c1ccccc1.OCl. The van der Waals surface area contributed by atoms with Crippen molar-refractivity contribution in [3.63, 3.8) is 0 Å². The van der Waals surface area contributed by atoms with Gasteiger partial charge in [0.2, 0.25) is 0 Å². The van der Waals surface area contributed by atoms with Crippen LogP contribution in [0.25, 0.3) is 0 Å². The summed E-state index contributed by atoms with van der Waals surface area (Å²) in [6, 6.07) is 9.55. The summed E-state index contributed by atoms with van der Waals surface area (Å²) in [5.41, 5.74) is 0.851. The summed E-state index contributed by atoms with van der Waals surface area (Å²) in [4.78, 5) is 11.6. The third kappa shape index (κ3) is 6.59. The summed E-state index contributed by atoms with van der Waals surface area (Å²) in [5.74, 6) is 0.279. The Morgan fingerprint density at radius 2 is 1.75 bits per heavy atom. The van der Waals surface area contributed by atoms with Gasteiger partial charge in [-0.25, -0.2) is 0 Å². The van der Waals surface area contributed by atoms with E-state index in [-0.39, 0.29) is 5.78 Å². The van der Waals surface area contributed by atoms with Crippen LogP contribution in [0.5, 0.6) is 0 Å². The van der Waals surface area contributed by atoms with Crippen molar-refractivity contribution in [2.24, 2.45) is 0 Å². The highest BCUT2D eigenvalue weighted by atomic mass is 35.5. The van der Waals surface area contributed by atoms with Crippen LogP contribution in [0.3, 0.4) is 0 Å². The lowest BCUT2D eigenvalue weighted by atomic mass is 10.0. The Bertz CT molecular complexity index is 273. The van der Waals surface area contributed by atoms with E-state index in [0.29, 0.717) is 6.42 Å². The molecule has 0 amide bonds. The molecule has 0 bridgehead atoms. The van der Waals surface area contributed by atoms with Crippen molar-refractivity contribution >= 4 is 17.6 Å². The van der Waals surface area contributed by atoms with Crippen molar-refractivity contribution in [3.8, 4) is 0 Å². The van der Waals surface area contributed by atoms with Gasteiger partial charge < -0.3 is 0 Å². The van der Waals surface area contributed by atoms with Gasteiger partial charge >= 0.3 is 0 Å². The van der Waals surface area contributed by atoms with Crippen molar-refractivity contribution in [3.05, 3.63) is 35.9 Å². The van der Waals surface area contributed by atoms with Gasteiger partial charge in [-0.1, -0.05) is 56.5 Å². The fourth-order valence-electron chi connectivity index (χ4n) is 1.48. The number of unbranched alkanes of at least 4 members (excludes halogenated alkanes) is 3. The maximum atomic E-state index is 11.6. The molecule has 1 aromatic carbocycles. The van der Waals surface area contributed by atoms with Gasteiger partial charge in [0.05, 0.1) is 11.9 Å². The van der Waals surface area contributed by atoms with Crippen molar-refractivity contribution in [1.29, 1.82) is 0 Å². The van der Waals surface area contributed by atoms with E-state index in [4.69, 9.17) is 4.66 Å². The molecule has 0 aromatic heterocycles. The molecule has 0 heterocycles. The Hall–Kier alpha value is -0.860. The molecule has 3 heteroatoms. The van der Waals surface area contributed by atoms with Crippen molar-refractivity contribution in [2.75, 3.05) is 0 Å². The normalized spacial score (nSPS) is 9.19. The third-order valence-corrected chi connectivity index (χ3v) is 2.35. The number of carbonyl (C=O) groups excluding carboxylic acids is 1. The molecule has 2 nitrogen and oxygen atoms in total. The molecule has 0 aliphatic heterocycles. The maximum absolute atomic E-state index is 11.6. The second-order valence-electron chi connectivity index (χ2n) is 3.60. The quantitative estimate of drug-likeness (QED) is 0.605. The van der Waals surface area contributed by atoms with Crippen LogP contribution in [0.4, 0.5) is 0 Å². The largest absolute Gasteiger partial charge is 0.295 e. The predicted octanol–water partition coefficient (Wildman–Crippen LogP) is 3.97. The molecule has 0 spiro atoms. The number of carbonyl (C=O) groups is 1. The average molecular weight is 243 g/mol. The fraction of sp³-hybridized carbons (Fsp3) is 0.462. The lowest BCUT2D eigenvalue weighted by Crippen LogP contribution is -1.97. The topological polar surface area (TPSA) is 37.3 Å². The van der Waals surface area contributed by atoms with Crippen molar-refractivity contribution in [2.45, 2.75) is 39.0 Å². The lowest BCUT2D eigenvalue weighted by molar-refractivity contribution is 0.0979. The number of ketones is 1. The zero-order valence-corrected chi connectivity index (χ0v) is 10.4. The Balaban J connectivity index is 0.00000106. The summed E-state index contributed by atoms with van der Waals surface area (Å²) in [6.07, 6.45) is 5.36. The summed E-state index contributed by atoms with van der Waals surface area (Å²) in [6.45, 7) is 2.18. The second kappa shape index (κ2) is 10.7. The van der Waals surface area contributed by atoms with E-state index in [1.807, 2.05) is 30.3 Å². The summed E-state index contributed by atoms with van der Waals surface area (Å²) < 4.78 is 6.47. The van der Waals surface area contributed by atoms with E-state index >= 15 is 0 Å². The van der Waals surface area contributed by atoms with Crippen LogP contribution in [-0.4, -0.2) is 10.4 Å². The first kappa shape index (κ1) is 15.1. The van der Waals surface area contributed by atoms with Gasteiger partial charge in [-0.15, -0.1) is 0 Å². The first-order chi connectivity index (χ1) is 7.84. The van der Waals surface area contributed by atoms with E-state index in [1.165, 1.54) is 19.3 Å². The highest BCUT2D eigenvalue weighted by Gasteiger charge is 2.03. The highest BCUT2D eigenvalue weighted by molar-refractivity contribution is 6.04. The van der Waals surface area contributed by atoms with E-state index in [9.17, 15) is 4.79 Å². The van der Waals surface area contributed by atoms with Gasteiger partial charge in [-0.3, -0.25) is 9.45 Å². The van der Waals surface area contributed by atoms with E-state index in [1.54, 1.807) is 0 Å². The summed E-state index contributed by atoms with van der Waals surface area (Å²) >= 11 is 3.64. The number of Topliss-reactive ketones (excluding diaryl/α,β-unsaturated/α-hetero) is 1. The van der Waals surface area contributed by atoms with Crippen LogP contribution in [0.2, 0.25) is 0 Å². The Labute approximate surface area is 102 Å². The number of rotatable bonds is 6. The smallest absolute Gasteiger partial charge is 0.162 e. The van der Waals surface area contributed by atoms with Gasteiger partial charge in [0.15, 0.2) is 5.78 Å². The standard InChI is InChI=1S/C13H18O.ClHO/c1-2-3-4-8-11-13(14)12-9-6-5-7-10-12;1-2/h5-7,9-10H,2-4,8,11H2,1H3;2H. The minimum absolute atomic E-state index is 0.279.